The topological polar surface area (TPSA) is 33.0 Å². The van der Waals surface area contributed by atoms with Crippen LogP contribution in [0.3, 0.4) is 0 Å². The van der Waals surface area contributed by atoms with Crippen LogP contribution < -0.4 is 0 Å². The molecule has 3 rings (SSSR count). The van der Waals surface area contributed by atoms with Crippen molar-refractivity contribution in [3.63, 3.8) is 0 Å². The van der Waals surface area contributed by atoms with Crippen LogP contribution in [0.1, 0.15) is 101 Å². The molecule has 0 N–H and O–H groups in total. The smallest absolute Gasteiger partial charge is 0.196 e. The molecule has 3 heteroatoms. The lowest BCUT2D eigenvalue weighted by molar-refractivity contribution is -0.00474. The Labute approximate surface area is 188 Å². The van der Waals surface area contributed by atoms with E-state index in [1.165, 1.54) is 87.8 Å². The van der Waals surface area contributed by atoms with E-state index in [4.69, 9.17) is 10.00 Å². The van der Waals surface area contributed by atoms with Gasteiger partial charge in [-0.25, -0.2) is 0 Å². The van der Waals surface area contributed by atoms with Crippen molar-refractivity contribution in [1.82, 2.24) is 0 Å². The molecule has 0 bridgehead atoms. The van der Waals surface area contributed by atoms with Gasteiger partial charge in [0.1, 0.15) is 6.07 Å². The van der Waals surface area contributed by atoms with E-state index in [0.29, 0.717) is 30.3 Å². The molecule has 0 radical (unpaired) electrons. The highest BCUT2D eigenvalue weighted by atomic mass is 19.1. The Hall–Kier alpha value is -1.66. The highest BCUT2D eigenvalue weighted by Gasteiger charge is 2.25. The van der Waals surface area contributed by atoms with Crippen LogP contribution in [0.2, 0.25) is 0 Å². The van der Waals surface area contributed by atoms with E-state index in [0.717, 1.165) is 13.0 Å². The van der Waals surface area contributed by atoms with Gasteiger partial charge in [-0.15, -0.1) is 0 Å². The summed E-state index contributed by atoms with van der Waals surface area (Å²) in [6.45, 7) is 3.17. The first kappa shape index (κ1) is 24.0. The zero-order valence-electron chi connectivity index (χ0n) is 19.3. The van der Waals surface area contributed by atoms with Gasteiger partial charge in [-0.05, 0) is 99.2 Å². The molecule has 2 fully saturated rings. The van der Waals surface area contributed by atoms with Gasteiger partial charge in [0.25, 0.3) is 0 Å². The number of unbranched alkanes of at least 4 members (excludes halogenated alkanes) is 1. The average molecular weight is 426 g/mol. The molecule has 170 valence electrons. The maximum atomic E-state index is 12.9. The minimum Gasteiger partial charge on any atom is -0.378 e. The van der Waals surface area contributed by atoms with Gasteiger partial charge in [-0.2, -0.15) is 9.65 Å². The maximum absolute atomic E-state index is 12.9. The van der Waals surface area contributed by atoms with E-state index in [-0.39, 0.29) is 0 Å². The summed E-state index contributed by atoms with van der Waals surface area (Å²) < 4.78 is 19.2. The van der Waals surface area contributed by atoms with Crippen molar-refractivity contribution in [2.45, 2.75) is 102 Å². The molecule has 0 aromatic heterocycles. The molecular weight excluding hydrogens is 385 g/mol. The number of hydrogen-bond donors (Lipinski definition) is 0. The highest BCUT2D eigenvalue weighted by molar-refractivity contribution is 5.26. The monoisotopic (exact) mass is 425 g/mol. The summed E-state index contributed by atoms with van der Waals surface area (Å²) in [6, 6.07) is 10.9. The molecule has 2 saturated carbocycles. The molecule has 2 aliphatic rings. The van der Waals surface area contributed by atoms with Gasteiger partial charge < -0.3 is 4.74 Å². The van der Waals surface area contributed by atoms with Crippen molar-refractivity contribution >= 4 is 0 Å². The fraction of sp³-hybridized carbons (Fsp3) is 0.679. The van der Waals surface area contributed by atoms with Crippen molar-refractivity contribution in [3.05, 3.63) is 47.3 Å². The Bertz CT molecular complexity index is 704. The minimum absolute atomic E-state index is 0.442. The van der Waals surface area contributed by atoms with Gasteiger partial charge in [-0.1, -0.05) is 50.5 Å². The molecule has 2 nitrogen and oxygen atoms in total. The lowest BCUT2D eigenvalue weighted by atomic mass is 9.80. The molecule has 0 saturated heterocycles. The standard InChI is InChI=1S/C28H40FNO/c1-2-3-5-22-12-14-25(15-13-22)26-16-18-28(19-17-26)31-21-24-10-8-23(9-11-24)6-4-7-27(29)20-30/h7,12-15,23-24,26,28H,2-6,8-11,16-19,21H2,1H3. The van der Waals surface area contributed by atoms with Crippen LogP contribution in [0.4, 0.5) is 4.39 Å². The third-order valence-corrected chi connectivity index (χ3v) is 7.48. The molecular formula is C28H40FNO. The summed E-state index contributed by atoms with van der Waals surface area (Å²) in [7, 11) is 0. The lowest BCUT2D eigenvalue weighted by Gasteiger charge is -2.32. The summed E-state index contributed by atoms with van der Waals surface area (Å²) in [5.74, 6) is 1.44. The Morgan fingerprint density at radius 1 is 1.03 bits per heavy atom. The highest BCUT2D eigenvalue weighted by Crippen LogP contribution is 2.36. The second kappa shape index (κ2) is 13.0. The van der Waals surface area contributed by atoms with Gasteiger partial charge in [-0.3, -0.25) is 0 Å². The number of halogens is 1. The van der Waals surface area contributed by atoms with E-state index < -0.39 is 5.83 Å². The van der Waals surface area contributed by atoms with Crippen LogP contribution in [0.5, 0.6) is 0 Å². The van der Waals surface area contributed by atoms with Crippen molar-refractivity contribution in [2.75, 3.05) is 6.61 Å². The van der Waals surface area contributed by atoms with Crippen molar-refractivity contribution < 1.29 is 9.13 Å². The number of allylic oxidation sites excluding steroid dienone is 2. The van der Waals surface area contributed by atoms with Crippen molar-refractivity contribution in [2.24, 2.45) is 11.8 Å². The average Bonchev–Trinajstić information content (AvgIpc) is 2.83. The molecule has 0 spiro atoms. The number of ether oxygens (including phenoxy) is 1. The summed E-state index contributed by atoms with van der Waals surface area (Å²) in [6.07, 6.45) is 17.1. The normalized spacial score (nSPS) is 27.1. The zero-order chi connectivity index (χ0) is 21.9. The molecule has 1 aromatic rings. The Morgan fingerprint density at radius 3 is 2.35 bits per heavy atom. The van der Waals surface area contributed by atoms with E-state index in [1.54, 1.807) is 6.07 Å². The van der Waals surface area contributed by atoms with Gasteiger partial charge in [0.2, 0.25) is 0 Å². The van der Waals surface area contributed by atoms with Gasteiger partial charge in [0.15, 0.2) is 5.83 Å². The third-order valence-electron chi connectivity index (χ3n) is 7.48. The molecule has 2 aliphatic carbocycles. The molecule has 0 heterocycles. The van der Waals surface area contributed by atoms with Crippen molar-refractivity contribution in [3.8, 4) is 6.07 Å². The van der Waals surface area contributed by atoms with E-state index in [2.05, 4.69) is 31.2 Å². The number of hydrogen-bond acceptors (Lipinski definition) is 2. The zero-order valence-corrected chi connectivity index (χ0v) is 19.3. The van der Waals surface area contributed by atoms with Crippen LogP contribution in [-0.4, -0.2) is 12.7 Å². The van der Waals surface area contributed by atoms with Gasteiger partial charge in [0, 0.05) is 6.61 Å². The van der Waals surface area contributed by atoms with E-state index >= 15 is 0 Å². The summed E-state index contributed by atoms with van der Waals surface area (Å²) in [4.78, 5) is 0. The SMILES string of the molecule is CCCCc1ccc(C2CCC(OCC3CCC(CCC=C(F)C#N)CC3)CC2)cc1. The van der Waals surface area contributed by atoms with E-state index in [9.17, 15) is 4.39 Å². The third kappa shape index (κ3) is 8.08. The lowest BCUT2D eigenvalue weighted by Crippen LogP contribution is -2.25. The molecule has 31 heavy (non-hydrogen) atoms. The fourth-order valence-electron chi connectivity index (χ4n) is 5.35. The van der Waals surface area contributed by atoms with Gasteiger partial charge >= 0.3 is 0 Å². The van der Waals surface area contributed by atoms with Crippen LogP contribution in [0.15, 0.2) is 36.2 Å². The number of nitriles is 1. The second-order valence-corrected chi connectivity index (χ2v) is 9.78. The quantitative estimate of drug-likeness (QED) is 0.355. The Kier molecular flexibility index (Phi) is 10.1. The number of rotatable bonds is 10. The summed E-state index contributed by atoms with van der Waals surface area (Å²) in [5, 5.41) is 8.47. The number of aryl methyl sites for hydroxylation is 1. The first-order chi connectivity index (χ1) is 15.2. The first-order valence-electron chi connectivity index (χ1n) is 12.6. The second-order valence-electron chi connectivity index (χ2n) is 9.78. The predicted octanol–water partition coefficient (Wildman–Crippen LogP) is 8.04. The van der Waals surface area contributed by atoms with Crippen LogP contribution in [0, 0.1) is 23.2 Å². The molecule has 0 atom stereocenters. The molecule has 0 unspecified atom stereocenters. The summed E-state index contributed by atoms with van der Waals surface area (Å²) >= 11 is 0. The minimum atomic E-state index is -0.638. The Balaban J connectivity index is 1.30. The number of benzene rings is 1. The fourth-order valence-corrected chi connectivity index (χ4v) is 5.35. The molecule has 0 amide bonds. The first-order valence-corrected chi connectivity index (χ1v) is 12.6. The number of nitrogens with zero attached hydrogens (tertiary/aromatic N) is 1. The maximum Gasteiger partial charge on any atom is 0.196 e. The Morgan fingerprint density at radius 2 is 1.71 bits per heavy atom. The molecule has 1 aromatic carbocycles. The van der Waals surface area contributed by atoms with Crippen LogP contribution in [0.25, 0.3) is 0 Å². The summed E-state index contributed by atoms with van der Waals surface area (Å²) in [5.41, 5.74) is 2.99. The van der Waals surface area contributed by atoms with Crippen LogP contribution >= 0.6 is 0 Å². The van der Waals surface area contributed by atoms with Crippen LogP contribution in [-0.2, 0) is 11.2 Å². The van der Waals surface area contributed by atoms with E-state index in [1.807, 2.05) is 0 Å². The van der Waals surface area contributed by atoms with Crippen molar-refractivity contribution in [1.29, 1.82) is 5.26 Å². The van der Waals surface area contributed by atoms with Gasteiger partial charge in [0.05, 0.1) is 6.10 Å². The molecule has 0 aliphatic heterocycles. The predicted molar refractivity (Wildman–Crippen MR) is 125 cm³/mol. The largest absolute Gasteiger partial charge is 0.378 e.